The van der Waals surface area contributed by atoms with Crippen LogP contribution in [0.3, 0.4) is 0 Å². The van der Waals surface area contributed by atoms with Crippen molar-refractivity contribution in [1.82, 2.24) is 5.32 Å². The second-order valence-corrected chi connectivity index (χ2v) is 22.6. The molecule has 0 spiro atoms. The van der Waals surface area contributed by atoms with Gasteiger partial charge in [-0.2, -0.15) is 0 Å². The molecule has 3 atom stereocenters. The minimum absolute atomic E-state index is 0.0256. The number of nitrogens with zero attached hydrogens (tertiary/aromatic N) is 1. The van der Waals surface area contributed by atoms with Crippen LogP contribution < -0.4 is 5.32 Å². The summed E-state index contributed by atoms with van der Waals surface area (Å²) in [4.78, 5) is 37.6. The lowest BCUT2D eigenvalue weighted by Gasteiger charge is -2.27. The van der Waals surface area contributed by atoms with Crippen molar-refractivity contribution in [1.29, 1.82) is 0 Å². The predicted molar refractivity (Wildman–Crippen MR) is 314 cm³/mol. The van der Waals surface area contributed by atoms with E-state index in [0.717, 1.165) is 83.5 Å². The number of phosphoric ester groups is 1. The van der Waals surface area contributed by atoms with Crippen molar-refractivity contribution in [3.8, 4) is 0 Å². The summed E-state index contributed by atoms with van der Waals surface area (Å²) in [5.74, 6) is -0.581. The van der Waals surface area contributed by atoms with E-state index in [4.69, 9.17) is 13.8 Å². The first kappa shape index (κ1) is 70.2. The molecule has 9 nitrogen and oxygen atoms in total. The van der Waals surface area contributed by atoms with E-state index in [1.807, 2.05) is 33.3 Å². The van der Waals surface area contributed by atoms with Crippen LogP contribution >= 0.6 is 7.82 Å². The lowest BCUT2D eigenvalue weighted by molar-refractivity contribution is -0.870. The molecule has 0 heterocycles. The molecule has 0 fully saturated rings. The van der Waals surface area contributed by atoms with Gasteiger partial charge in [-0.3, -0.25) is 18.6 Å². The molecule has 73 heavy (non-hydrogen) atoms. The number of carbonyl (C=O) groups excluding carboxylic acids is 2. The Morgan fingerprint density at radius 2 is 0.849 bits per heavy atom. The summed E-state index contributed by atoms with van der Waals surface area (Å²) in [5.41, 5.74) is 0. The molecule has 3 unspecified atom stereocenters. The van der Waals surface area contributed by atoms with Crippen LogP contribution in [0.5, 0.6) is 0 Å². The number of nitrogens with one attached hydrogen (secondary N) is 1. The van der Waals surface area contributed by atoms with Gasteiger partial charge in [-0.25, -0.2) is 4.57 Å². The van der Waals surface area contributed by atoms with Crippen LogP contribution in [0.25, 0.3) is 0 Å². The van der Waals surface area contributed by atoms with E-state index in [2.05, 4.69) is 99.0 Å². The van der Waals surface area contributed by atoms with E-state index in [1.54, 1.807) is 0 Å². The highest BCUT2D eigenvalue weighted by atomic mass is 31.2. The Balaban J connectivity index is 5.45. The zero-order chi connectivity index (χ0) is 53.6. The number of quaternary nitrogens is 1. The molecule has 1 amide bonds. The van der Waals surface area contributed by atoms with Gasteiger partial charge in [0.25, 0.3) is 0 Å². The van der Waals surface area contributed by atoms with Crippen LogP contribution in [0.4, 0.5) is 0 Å². The number of allylic oxidation sites excluding steroid dienone is 13. The molecule has 0 bridgehead atoms. The molecular weight excluding hydrogens is 928 g/mol. The van der Waals surface area contributed by atoms with Gasteiger partial charge in [-0.1, -0.05) is 222 Å². The minimum atomic E-state index is -4.47. The number of hydrogen-bond donors (Lipinski definition) is 2. The average molecular weight is 1040 g/mol. The molecule has 0 aromatic carbocycles. The average Bonchev–Trinajstić information content (AvgIpc) is 3.35. The molecule has 10 heteroatoms. The van der Waals surface area contributed by atoms with Crippen molar-refractivity contribution in [2.75, 3.05) is 40.9 Å². The fourth-order valence-corrected chi connectivity index (χ4v) is 8.87. The number of rotatable bonds is 53. The van der Waals surface area contributed by atoms with E-state index in [9.17, 15) is 19.0 Å². The molecule has 0 rings (SSSR count). The highest BCUT2D eigenvalue weighted by Gasteiger charge is 2.30. The molecule has 0 radical (unpaired) electrons. The van der Waals surface area contributed by atoms with E-state index < -0.39 is 20.0 Å². The topological polar surface area (TPSA) is 111 Å². The number of esters is 1. The smallest absolute Gasteiger partial charge is 0.456 e. The van der Waals surface area contributed by atoms with Crippen molar-refractivity contribution < 1.29 is 37.3 Å². The van der Waals surface area contributed by atoms with E-state index in [0.29, 0.717) is 17.4 Å². The number of likely N-dealkylation sites (N-methyl/N-ethyl adjacent to an activating group) is 1. The number of unbranched alkanes of at least 4 members (excludes halogenated alkanes) is 25. The Morgan fingerprint density at radius 1 is 0.479 bits per heavy atom. The van der Waals surface area contributed by atoms with Crippen molar-refractivity contribution in [3.63, 3.8) is 0 Å². The Kier molecular flexibility index (Phi) is 50.6. The van der Waals surface area contributed by atoms with Crippen molar-refractivity contribution in [3.05, 3.63) is 85.1 Å². The molecular formula is C63H114N2O7P+. The molecule has 422 valence electrons. The first-order valence-corrected chi connectivity index (χ1v) is 31.4. The summed E-state index contributed by atoms with van der Waals surface area (Å²) in [6.45, 7) is 6.91. The molecule has 0 saturated heterocycles. The van der Waals surface area contributed by atoms with Gasteiger partial charge in [0.2, 0.25) is 5.91 Å². The summed E-state index contributed by atoms with van der Waals surface area (Å²) in [5, 5.41) is 3.02. The molecule has 0 aliphatic heterocycles. The number of carbonyl (C=O) groups is 2. The van der Waals surface area contributed by atoms with Crippen LogP contribution in [0, 0.1) is 0 Å². The molecule has 0 aliphatic carbocycles. The maximum absolute atomic E-state index is 13.5. The van der Waals surface area contributed by atoms with Crippen LogP contribution in [0.1, 0.15) is 252 Å². The zero-order valence-corrected chi connectivity index (χ0v) is 49.0. The summed E-state index contributed by atoms with van der Waals surface area (Å²) in [7, 11) is 1.45. The van der Waals surface area contributed by atoms with E-state index in [-0.39, 0.29) is 37.9 Å². The third-order valence-corrected chi connectivity index (χ3v) is 13.8. The maximum Gasteiger partial charge on any atom is 0.472 e. The first-order valence-electron chi connectivity index (χ1n) is 29.9. The van der Waals surface area contributed by atoms with Gasteiger partial charge in [0.1, 0.15) is 19.3 Å². The quantitative estimate of drug-likeness (QED) is 0.0205. The van der Waals surface area contributed by atoms with Gasteiger partial charge < -0.3 is 19.4 Å². The van der Waals surface area contributed by atoms with Gasteiger partial charge in [0.15, 0.2) is 0 Å². The summed E-state index contributed by atoms with van der Waals surface area (Å²) < 4.78 is 30.6. The van der Waals surface area contributed by atoms with Crippen LogP contribution in [0.15, 0.2) is 85.1 Å². The number of ether oxygens (including phenoxy) is 1. The fourth-order valence-electron chi connectivity index (χ4n) is 8.14. The summed E-state index contributed by atoms with van der Waals surface area (Å²) in [6.07, 6.45) is 68.7. The maximum atomic E-state index is 13.5. The van der Waals surface area contributed by atoms with Gasteiger partial charge in [0.05, 0.1) is 33.8 Å². The van der Waals surface area contributed by atoms with Gasteiger partial charge >= 0.3 is 13.8 Å². The highest BCUT2D eigenvalue weighted by Crippen LogP contribution is 2.43. The fraction of sp³-hybridized carbons (Fsp3) is 0.746. The second-order valence-electron chi connectivity index (χ2n) is 21.2. The van der Waals surface area contributed by atoms with Crippen molar-refractivity contribution >= 4 is 19.7 Å². The molecule has 0 saturated carbocycles. The van der Waals surface area contributed by atoms with Gasteiger partial charge in [-0.15, -0.1) is 0 Å². The molecule has 0 aromatic rings. The third kappa shape index (κ3) is 53.8. The minimum Gasteiger partial charge on any atom is -0.456 e. The number of hydrogen-bond acceptors (Lipinski definition) is 6. The first-order chi connectivity index (χ1) is 35.4. The van der Waals surface area contributed by atoms with Crippen molar-refractivity contribution in [2.45, 2.75) is 264 Å². The normalized spacial score (nSPS) is 14.3. The Labute approximate surface area is 450 Å². The number of amides is 1. The van der Waals surface area contributed by atoms with E-state index >= 15 is 0 Å². The Morgan fingerprint density at radius 3 is 1.30 bits per heavy atom. The van der Waals surface area contributed by atoms with Gasteiger partial charge in [0, 0.05) is 12.8 Å². The Hall–Kier alpha value is -2.81. The zero-order valence-electron chi connectivity index (χ0n) is 48.1. The standard InChI is InChI=1S/C63H113N2O7P/c1-7-10-13-16-19-22-25-28-30-32-34-37-40-43-46-49-52-55-62(66)64-60(59-71-73(68,69)70-58-57-65(4,5)6)61(54-51-48-45-42-39-36-27-24-21-18-15-12-9-3)72-63(67)56-53-50-47-44-41-38-35-33-31-29-26-23-20-17-14-11-8-2/h19-20,22-23,28-31,34,37,43,46,51,54,60-61H,7-18,21,24-27,32-33,35-36,38-42,44-45,47-50,52-53,55-59H2,1-6H3,(H-,64,66,68,69)/p+1/b22-19-,23-20-,30-28-,31-29-,37-34-,46-43-,54-51+. The van der Waals surface area contributed by atoms with Gasteiger partial charge in [-0.05, 0) is 102 Å². The molecule has 0 aliphatic rings. The van der Waals surface area contributed by atoms with Crippen LogP contribution in [-0.4, -0.2) is 74.3 Å². The highest BCUT2D eigenvalue weighted by molar-refractivity contribution is 7.47. The predicted octanol–water partition coefficient (Wildman–Crippen LogP) is 18.2. The molecule has 0 aromatic heterocycles. The third-order valence-electron chi connectivity index (χ3n) is 12.8. The summed E-state index contributed by atoms with van der Waals surface area (Å²) in [6, 6.07) is -0.883. The SMILES string of the molecule is CCCCC/C=C\C/C=C\C/C=C\C/C=C\CCCC(=O)NC(COP(=O)(O)OCC[N+](C)(C)C)C(/C=C/CCCCCCCCCCCCC)OC(=O)CCCCCCCCC/C=C\C/C=C\CCCCC. The van der Waals surface area contributed by atoms with E-state index in [1.165, 1.54) is 128 Å². The largest absolute Gasteiger partial charge is 0.472 e. The van der Waals surface area contributed by atoms with Crippen LogP contribution in [0.2, 0.25) is 0 Å². The second kappa shape index (κ2) is 52.6. The van der Waals surface area contributed by atoms with Crippen LogP contribution in [-0.2, 0) is 27.9 Å². The lowest BCUT2D eigenvalue weighted by Crippen LogP contribution is -2.47. The van der Waals surface area contributed by atoms with Crippen molar-refractivity contribution in [2.24, 2.45) is 0 Å². The number of phosphoric acid groups is 1. The Bertz CT molecular complexity index is 1530. The summed E-state index contributed by atoms with van der Waals surface area (Å²) >= 11 is 0. The monoisotopic (exact) mass is 1040 g/mol. The molecule has 2 N–H and O–H groups in total. The lowest BCUT2D eigenvalue weighted by atomic mass is 10.0.